The number of hydrogen-bond acceptors (Lipinski definition) is 6. The number of nitrogens with one attached hydrogen (secondary N) is 3. The first-order chi connectivity index (χ1) is 16.0. The summed E-state index contributed by atoms with van der Waals surface area (Å²) in [5, 5.41) is 5.46. The van der Waals surface area contributed by atoms with Crippen molar-refractivity contribution in [1.29, 1.82) is 0 Å². The molecule has 2 amide bonds. The minimum absolute atomic E-state index is 0.00276. The lowest BCUT2D eigenvalue weighted by Gasteiger charge is -2.17. The second-order valence-corrected chi connectivity index (χ2v) is 10.1. The molecule has 0 aliphatic rings. The average molecular weight is 492 g/mol. The summed E-state index contributed by atoms with van der Waals surface area (Å²) >= 11 is 0. The van der Waals surface area contributed by atoms with Crippen molar-refractivity contribution < 1.29 is 27.5 Å². The Bertz CT molecular complexity index is 1090. The van der Waals surface area contributed by atoms with Crippen LogP contribution in [0.1, 0.15) is 45.0 Å². The van der Waals surface area contributed by atoms with Crippen LogP contribution in [0.2, 0.25) is 0 Å². The predicted octanol–water partition coefficient (Wildman–Crippen LogP) is 3.18. The molecule has 0 aliphatic carbocycles. The molecule has 34 heavy (non-hydrogen) atoms. The molecule has 0 saturated carbocycles. The van der Waals surface area contributed by atoms with Gasteiger partial charge in [0.05, 0.1) is 13.2 Å². The van der Waals surface area contributed by atoms with Crippen molar-refractivity contribution in [3.63, 3.8) is 0 Å². The third-order valence-corrected chi connectivity index (χ3v) is 6.10. The average Bonchev–Trinajstić information content (AvgIpc) is 2.77. The van der Waals surface area contributed by atoms with Gasteiger partial charge in [0.2, 0.25) is 15.9 Å². The summed E-state index contributed by atoms with van der Waals surface area (Å²) in [4.78, 5) is 24.4. The standard InChI is InChI=1S/C24H33N3O6S/c1-6-32-19-12-13-21(20(16-19)33-7-2)34(30,31)26-15-14-25-22(28)17-8-10-18(11-9-17)27-23(29)24(3,4)5/h8-13,16,26H,6-7,14-15H2,1-5H3,(H,25,28)(H,27,29). The minimum atomic E-state index is -3.86. The zero-order valence-corrected chi connectivity index (χ0v) is 21.0. The second kappa shape index (κ2) is 11.8. The van der Waals surface area contributed by atoms with E-state index < -0.39 is 15.4 Å². The van der Waals surface area contributed by atoms with Gasteiger partial charge in [-0.25, -0.2) is 13.1 Å². The molecule has 0 saturated heterocycles. The number of anilines is 1. The van der Waals surface area contributed by atoms with E-state index in [2.05, 4.69) is 15.4 Å². The van der Waals surface area contributed by atoms with Crippen molar-refractivity contribution in [2.75, 3.05) is 31.6 Å². The molecule has 9 nitrogen and oxygen atoms in total. The Labute approximate surface area is 201 Å². The fraction of sp³-hybridized carbons (Fsp3) is 0.417. The van der Waals surface area contributed by atoms with E-state index in [1.54, 1.807) is 37.3 Å². The highest BCUT2D eigenvalue weighted by Crippen LogP contribution is 2.28. The topological polar surface area (TPSA) is 123 Å². The lowest BCUT2D eigenvalue weighted by atomic mass is 9.95. The first-order valence-electron chi connectivity index (χ1n) is 11.1. The SMILES string of the molecule is CCOc1ccc(S(=O)(=O)NCCNC(=O)c2ccc(NC(=O)C(C)(C)C)cc2)c(OCC)c1. The lowest BCUT2D eigenvalue weighted by Crippen LogP contribution is -2.34. The summed E-state index contributed by atoms with van der Waals surface area (Å²) in [6.45, 7) is 9.85. The van der Waals surface area contributed by atoms with Crippen LogP contribution in [0.25, 0.3) is 0 Å². The molecule has 10 heteroatoms. The van der Waals surface area contributed by atoms with Crippen LogP contribution in [0.3, 0.4) is 0 Å². The molecule has 2 rings (SSSR count). The Morgan fingerprint density at radius 3 is 2.15 bits per heavy atom. The first kappa shape index (κ1) is 27.1. The van der Waals surface area contributed by atoms with Crippen LogP contribution in [-0.4, -0.2) is 46.5 Å². The first-order valence-corrected chi connectivity index (χ1v) is 12.5. The molecule has 0 aromatic heterocycles. The summed E-state index contributed by atoms with van der Waals surface area (Å²) in [6, 6.07) is 11.0. The number of amides is 2. The Morgan fingerprint density at radius 2 is 1.56 bits per heavy atom. The maximum Gasteiger partial charge on any atom is 0.251 e. The molecule has 0 spiro atoms. The van der Waals surface area contributed by atoms with Gasteiger partial charge in [0.1, 0.15) is 16.4 Å². The van der Waals surface area contributed by atoms with Crippen LogP contribution in [0.5, 0.6) is 11.5 Å². The number of ether oxygens (including phenoxy) is 2. The van der Waals surface area contributed by atoms with Crippen molar-refractivity contribution in [3.8, 4) is 11.5 Å². The Balaban J connectivity index is 1.92. The molecule has 0 bridgehead atoms. The molecule has 0 radical (unpaired) electrons. The van der Waals surface area contributed by atoms with Crippen LogP contribution >= 0.6 is 0 Å². The van der Waals surface area contributed by atoms with E-state index in [0.717, 1.165) is 0 Å². The molecule has 0 fully saturated rings. The van der Waals surface area contributed by atoms with Crippen LogP contribution in [0.15, 0.2) is 47.4 Å². The highest BCUT2D eigenvalue weighted by Gasteiger charge is 2.22. The fourth-order valence-electron chi connectivity index (χ4n) is 2.80. The third kappa shape index (κ3) is 7.74. The number of hydrogen-bond donors (Lipinski definition) is 3. The van der Waals surface area contributed by atoms with Crippen LogP contribution < -0.4 is 24.8 Å². The number of rotatable bonds is 11. The molecule has 0 atom stereocenters. The van der Waals surface area contributed by atoms with Gasteiger partial charge >= 0.3 is 0 Å². The zero-order valence-electron chi connectivity index (χ0n) is 20.2. The van der Waals surface area contributed by atoms with Crippen molar-refractivity contribution in [3.05, 3.63) is 48.0 Å². The van der Waals surface area contributed by atoms with E-state index in [-0.39, 0.29) is 35.5 Å². The lowest BCUT2D eigenvalue weighted by molar-refractivity contribution is -0.123. The van der Waals surface area contributed by atoms with Crippen LogP contribution in [0, 0.1) is 5.41 Å². The van der Waals surface area contributed by atoms with Crippen LogP contribution in [-0.2, 0) is 14.8 Å². The number of benzene rings is 2. The van der Waals surface area contributed by atoms with E-state index >= 15 is 0 Å². The van der Waals surface area contributed by atoms with Gasteiger partial charge in [-0.05, 0) is 50.2 Å². The largest absolute Gasteiger partial charge is 0.494 e. The summed E-state index contributed by atoms with van der Waals surface area (Å²) in [5.41, 5.74) is 0.449. The van der Waals surface area contributed by atoms with Gasteiger partial charge in [-0.3, -0.25) is 9.59 Å². The number of carbonyl (C=O) groups is 2. The molecule has 186 valence electrons. The monoisotopic (exact) mass is 491 g/mol. The maximum atomic E-state index is 12.7. The van der Waals surface area contributed by atoms with Gasteiger partial charge in [-0.15, -0.1) is 0 Å². The molecule has 2 aromatic rings. The summed E-state index contributed by atoms with van der Waals surface area (Å²) in [5.74, 6) is 0.228. The molecule has 3 N–H and O–H groups in total. The van der Waals surface area contributed by atoms with Gasteiger partial charge in [0, 0.05) is 35.8 Å². The van der Waals surface area contributed by atoms with E-state index in [9.17, 15) is 18.0 Å². The molecular formula is C24H33N3O6S. The van der Waals surface area contributed by atoms with E-state index in [1.807, 2.05) is 27.7 Å². The highest BCUT2D eigenvalue weighted by molar-refractivity contribution is 7.89. The van der Waals surface area contributed by atoms with Gasteiger partial charge in [0.25, 0.3) is 5.91 Å². The Morgan fingerprint density at radius 1 is 0.912 bits per heavy atom. The van der Waals surface area contributed by atoms with E-state index in [1.165, 1.54) is 12.1 Å². The predicted molar refractivity (Wildman–Crippen MR) is 131 cm³/mol. The van der Waals surface area contributed by atoms with Gasteiger partial charge < -0.3 is 20.1 Å². The van der Waals surface area contributed by atoms with Gasteiger partial charge in [-0.1, -0.05) is 20.8 Å². The quantitative estimate of drug-likeness (QED) is 0.415. The highest BCUT2D eigenvalue weighted by atomic mass is 32.2. The maximum absolute atomic E-state index is 12.7. The molecule has 0 unspecified atom stereocenters. The smallest absolute Gasteiger partial charge is 0.251 e. The summed E-state index contributed by atoms with van der Waals surface area (Å²) in [7, 11) is -3.86. The second-order valence-electron chi connectivity index (χ2n) is 8.41. The molecule has 2 aromatic carbocycles. The molecule has 0 aliphatic heterocycles. The fourth-order valence-corrected chi connectivity index (χ4v) is 3.96. The normalized spacial score (nSPS) is 11.6. The van der Waals surface area contributed by atoms with Crippen molar-refractivity contribution in [1.82, 2.24) is 10.0 Å². The Kier molecular flexibility index (Phi) is 9.46. The van der Waals surface area contributed by atoms with E-state index in [4.69, 9.17) is 9.47 Å². The van der Waals surface area contributed by atoms with Gasteiger partial charge in [0.15, 0.2) is 0 Å². The Hall–Kier alpha value is -3.11. The molecule has 0 heterocycles. The van der Waals surface area contributed by atoms with Crippen LogP contribution in [0.4, 0.5) is 5.69 Å². The summed E-state index contributed by atoms with van der Waals surface area (Å²) in [6.07, 6.45) is 0. The van der Waals surface area contributed by atoms with Crippen molar-refractivity contribution in [2.45, 2.75) is 39.5 Å². The van der Waals surface area contributed by atoms with E-state index in [0.29, 0.717) is 30.2 Å². The zero-order chi connectivity index (χ0) is 25.4. The number of sulfonamides is 1. The number of carbonyl (C=O) groups excluding carboxylic acids is 2. The van der Waals surface area contributed by atoms with Crippen molar-refractivity contribution >= 4 is 27.5 Å². The summed E-state index contributed by atoms with van der Waals surface area (Å²) < 4.78 is 38.8. The van der Waals surface area contributed by atoms with Gasteiger partial charge in [-0.2, -0.15) is 0 Å². The third-order valence-electron chi connectivity index (χ3n) is 4.60. The minimum Gasteiger partial charge on any atom is -0.494 e. The van der Waals surface area contributed by atoms with Crippen molar-refractivity contribution in [2.24, 2.45) is 5.41 Å². The molecular weight excluding hydrogens is 458 g/mol.